The van der Waals surface area contributed by atoms with Crippen molar-refractivity contribution in [3.05, 3.63) is 0 Å². The highest BCUT2D eigenvalue weighted by Gasteiger charge is 2.55. The number of aliphatic hydroxyl groups is 15. The molecule has 0 spiro atoms. The largest absolute Gasteiger partial charge is 0.394 e. The summed E-state index contributed by atoms with van der Waals surface area (Å²) in [6, 6.07) is -3.11. The number of aliphatic hydroxyl groups excluding tert-OH is 15. The van der Waals surface area contributed by atoms with Crippen molar-refractivity contribution in [1.29, 1.82) is 0 Å². The molecule has 5 saturated heterocycles. The Morgan fingerprint density at radius 3 is 1.24 bits per heavy atom. The molecule has 0 bridgehead atoms. The Labute approximate surface area is 351 Å². The van der Waals surface area contributed by atoms with E-state index in [0.717, 1.165) is 13.8 Å². The second-order valence-corrected chi connectivity index (χ2v) is 15.5. The third-order valence-electron chi connectivity index (χ3n) is 11.1. The minimum absolute atomic E-state index is 0.678. The van der Waals surface area contributed by atoms with Gasteiger partial charge in [-0.15, -0.1) is 0 Å². The van der Waals surface area contributed by atoms with Crippen LogP contribution in [0.4, 0.5) is 0 Å². The van der Waals surface area contributed by atoms with Gasteiger partial charge in [-0.25, -0.2) is 0 Å². The summed E-state index contributed by atoms with van der Waals surface area (Å²) in [4.78, 5) is 24.0. The quantitative estimate of drug-likeness (QED) is 0.0725. The predicted octanol–water partition coefficient (Wildman–Crippen LogP) is -11.6. The van der Waals surface area contributed by atoms with Crippen LogP contribution in [0, 0.1) is 0 Å². The lowest BCUT2D eigenvalue weighted by Gasteiger charge is -2.49. The van der Waals surface area contributed by atoms with Crippen LogP contribution in [-0.2, 0) is 52.2 Å². The Balaban J connectivity index is 1.26. The van der Waals surface area contributed by atoms with Crippen LogP contribution >= 0.6 is 0 Å². The summed E-state index contributed by atoms with van der Waals surface area (Å²) in [5, 5.41) is 162. The van der Waals surface area contributed by atoms with Gasteiger partial charge in [0.15, 0.2) is 31.5 Å². The van der Waals surface area contributed by atoms with E-state index in [1.807, 2.05) is 0 Å². The maximum Gasteiger partial charge on any atom is 0.217 e. The lowest BCUT2D eigenvalue weighted by atomic mass is 9.94. The van der Waals surface area contributed by atoms with Crippen LogP contribution in [-0.4, -0.2) is 275 Å². The summed E-state index contributed by atoms with van der Waals surface area (Å²) in [6.45, 7) is -1.93. The normalized spacial score (nSPS) is 49.0. The van der Waals surface area contributed by atoms with Gasteiger partial charge in [-0.3, -0.25) is 9.59 Å². The molecule has 0 aliphatic carbocycles. The molecule has 5 aliphatic rings. The van der Waals surface area contributed by atoms with Gasteiger partial charge in [0.25, 0.3) is 0 Å². The lowest BCUT2D eigenvalue weighted by molar-refractivity contribution is -0.366. The van der Waals surface area contributed by atoms with Gasteiger partial charge in [-0.2, -0.15) is 0 Å². The summed E-state index contributed by atoms with van der Waals surface area (Å²) < 4.78 is 50.2. The molecular formula is C34H58N2O26. The number of hydrogen-bond donors (Lipinski definition) is 17. The average Bonchev–Trinajstić information content (AvgIpc) is 3.23. The van der Waals surface area contributed by atoms with E-state index in [9.17, 15) is 86.2 Å². The number of rotatable bonds is 15. The van der Waals surface area contributed by atoms with Gasteiger partial charge >= 0.3 is 0 Å². The van der Waals surface area contributed by atoms with Crippen molar-refractivity contribution in [2.45, 2.75) is 167 Å². The molecule has 5 heterocycles. The molecule has 0 aromatic carbocycles. The smallest absolute Gasteiger partial charge is 0.217 e. The summed E-state index contributed by atoms with van der Waals surface area (Å²) in [5.41, 5.74) is 0. The zero-order valence-electron chi connectivity index (χ0n) is 33.2. The Kier molecular flexibility index (Phi) is 18.1. The summed E-state index contributed by atoms with van der Waals surface area (Å²) in [6.07, 6.45) is -40.9. The molecule has 5 aliphatic heterocycles. The Bertz CT molecular complexity index is 1440. The molecule has 0 aromatic rings. The first-order chi connectivity index (χ1) is 29.2. The highest BCUT2D eigenvalue weighted by Crippen LogP contribution is 2.33. The number of carbonyl (C=O) groups excluding carboxylic acids is 2. The fraction of sp³-hybridized carbons (Fsp3) is 0.941. The Morgan fingerprint density at radius 2 is 0.774 bits per heavy atom. The van der Waals surface area contributed by atoms with E-state index in [-0.39, 0.29) is 0 Å². The summed E-state index contributed by atoms with van der Waals surface area (Å²) in [7, 11) is 0. The molecule has 62 heavy (non-hydrogen) atoms. The van der Waals surface area contributed by atoms with Gasteiger partial charge in [-0.1, -0.05) is 0 Å². The van der Waals surface area contributed by atoms with Crippen molar-refractivity contribution < 1.29 is 129 Å². The van der Waals surface area contributed by atoms with Crippen LogP contribution in [0.15, 0.2) is 0 Å². The van der Waals surface area contributed by atoms with E-state index in [4.69, 9.17) is 42.6 Å². The van der Waals surface area contributed by atoms with Crippen molar-refractivity contribution >= 4 is 11.8 Å². The number of ether oxygens (including phenoxy) is 9. The van der Waals surface area contributed by atoms with Crippen LogP contribution < -0.4 is 10.6 Å². The van der Waals surface area contributed by atoms with E-state index < -0.39 is 198 Å². The van der Waals surface area contributed by atoms with Crippen LogP contribution in [0.25, 0.3) is 0 Å². The fourth-order valence-electron chi connectivity index (χ4n) is 7.63. The maximum atomic E-state index is 12.3. The monoisotopic (exact) mass is 910 g/mol. The zero-order valence-corrected chi connectivity index (χ0v) is 33.2. The molecule has 0 unspecified atom stereocenters. The van der Waals surface area contributed by atoms with Crippen molar-refractivity contribution in [2.24, 2.45) is 0 Å². The van der Waals surface area contributed by atoms with Gasteiger partial charge in [0.1, 0.15) is 122 Å². The SMILES string of the molecule is CC(=O)N[C@@H]1[C@@H](O)[C@H](O[C@@H]2O[C@H](CO)[C@@H](O[C@@H]3O[C@H](CO[C@@H]4O[C@H](CO[C@@H]5O[C@H](CO)[C@@H](O)[C@H](O)[C@@H]5O)[C@@H](O)[C@H](O)[C@@H]4O)[C@@H](O)[C@H](O)[C@@H]3O)[C@H](O)[C@H]2NC(C)=O)[C@@H](CO)O[C@H]1O. The lowest BCUT2D eigenvalue weighted by Crippen LogP contribution is -2.70. The molecule has 360 valence electrons. The van der Waals surface area contributed by atoms with Gasteiger partial charge in [0.2, 0.25) is 11.8 Å². The molecule has 5 rings (SSSR count). The minimum Gasteiger partial charge on any atom is -0.394 e. The van der Waals surface area contributed by atoms with Crippen LogP contribution in [0.1, 0.15) is 13.8 Å². The molecule has 5 fully saturated rings. The average molecular weight is 911 g/mol. The van der Waals surface area contributed by atoms with Gasteiger partial charge < -0.3 is 130 Å². The third kappa shape index (κ3) is 11.1. The highest BCUT2D eigenvalue weighted by molar-refractivity contribution is 5.73. The second kappa shape index (κ2) is 22.0. The molecule has 0 aromatic heterocycles. The molecule has 0 saturated carbocycles. The number of carbonyl (C=O) groups is 2. The van der Waals surface area contributed by atoms with E-state index in [1.54, 1.807) is 0 Å². The molecule has 2 amide bonds. The molecule has 0 radical (unpaired) electrons. The van der Waals surface area contributed by atoms with E-state index in [1.165, 1.54) is 0 Å². The van der Waals surface area contributed by atoms with Crippen molar-refractivity contribution in [2.75, 3.05) is 33.0 Å². The van der Waals surface area contributed by atoms with Gasteiger partial charge in [0, 0.05) is 13.8 Å². The summed E-state index contributed by atoms with van der Waals surface area (Å²) in [5.74, 6) is -1.45. The third-order valence-corrected chi connectivity index (χ3v) is 11.1. The maximum absolute atomic E-state index is 12.3. The van der Waals surface area contributed by atoms with Crippen molar-refractivity contribution in [3.8, 4) is 0 Å². The molecule has 25 atom stereocenters. The molecule has 17 N–H and O–H groups in total. The van der Waals surface area contributed by atoms with E-state index >= 15 is 0 Å². The first-order valence-corrected chi connectivity index (χ1v) is 19.6. The van der Waals surface area contributed by atoms with E-state index in [0.29, 0.717) is 0 Å². The summed E-state index contributed by atoms with van der Waals surface area (Å²) >= 11 is 0. The Hall–Kier alpha value is -2.02. The minimum atomic E-state index is -2.07. The van der Waals surface area contributed by atoms with Gasteiger partial charge in [-0.05, 0) is 0 Å². The van der Waals surface area contributed by atoms with Crippen molar-refractivity contribution in [1.82, 2.24) is 10.6 Å². The van der Waals surface area contributed by atoms with E-state index in [2.05, 4.69) is 10.6 Å². The van der Waals surface area contributed by atoms with Crippen LogP contribution in [0.5, 0.6) is 0 Å². The highest BCUT2D eigenvalue weighted by atomic mass is 16.8. The van der Waals surface area contributed by atoms with Crippen LogP contribution in [0.3, 0.4) is 0 Å². The molecule has 28 nitrogen and oxygen atoms in total. The first kappa shape index (κ1) is 51.0. The predicted molar refractivity (Wildman–Crippen MR) is 190 cm³/mol. The number of hydrogen-bond acceptors (Lipinski definition) is 26. The van der Waals surface area contributed by atoms with Gasteiger partial charge in [0.05, 0.1) is 33.0 Å². The second-order valence-electron chi connectivity index (χ2n) is 15.5. The number of nitrogens with one attached hydrogen (secondary N) is 2. The van der Waals surface area contributed by atoms with Crippen LogP contribution in [0.2, 0.25) is 0 Å². The zero-order chi connectivity index (χ0) is 45.9. The fourth-order valence-corrected chi connectivity index (χ4v) is 7.63. The Morgan fingerprint density at radius 1 is 0.419 bits per heavy atom. The molecule has 28 heteroatoms. The first-order valence-electron chi connectivity index (χ1n) is 19.6. The standard InChI is InChI=1S/C34H58N2O26/c1-8(40)35-15-20(45)28(11(4-38)56-30(15)53)61-31-16(36-9(2)41)21(46)29(12(5-39)58-31)62-34-27(52)24(49)19(44)14(60-34)7-55-33-26(51)23(48)18(43)13(59-33)6-54-32-25(50)22(47)17(42)10(3-37)57-32/h10-34,37-39,42-53H,3-7H2,1-2H3,(H,35,40)(H,36,41)/t10-,11-,12-,13-,14-,15-,16-,17-,18-,19-,20-,21-,22+,23+,24+,25+,26+,27+,28-,29-,30-,31+,32-,33-,34+/m1/s1. The molecular weight excluding hydrogens is 852 g/mol. The van der Waals surface area contributed by atoms with Crippen molar-refractivity contribution in [3.63, 3.8) is 0 Å². The number of amides is 2. The topological polar surface area (TPSA) is 445 Å².